The first-order valence-corrected chi connectivity index (χ1v) is 7.24. The van der Waals surface area contributed by atoms with Crippen LogP contribution in [0.15, 0.2) is 0 Å². The number of carbonyl (C=O) groups excluding carboxylic acids is 1. The number of esters is 1. The summed E-state index contributed by atoms with van der Waals surface area (Å²) in [5, 5.41) is 0. The Bertz CT molecular complexity index is 385. The lowest BCUT2D eigenvalue weighted by atomic mass is 9.73. The summed E-state index contributed by atoms with van der Waals surface area (Å²) >= 11 is -2.24. The van der Waals surface area contributed by atoms with Crippen LogP contribution in [-0.2, 0) is 25.1 Å². The molecule has 18 heavy (non-hydrogen) atoms. The predicted molar refractivity (Wildman–Crippen MR) is 65.8 cm³/mol. The SMILES string of the molecule is CC(=O)OCC12CCC(C)(C1)C(OS(=O)O)C2C. The minimum absolute atomic E-state index is 0.0854. The number of carbonyl (C=O) groups is 1. The number of hydrogen-bond donors (Lipinski definition) is 1. The molecule has 0 aromatic rings. The number of hydrogen-bond acceptors (Lipinski definition) is 4. The van der Waals surface area contributed by atoms with Crippen molar-refractivity contribution in [3.05, 3.63) is 0 Å². The maximum atomic E-state index is 11.0. The van der Waals surface area contributed by atoms with E-state index in [0.717, 1.165) is 19.3 Å². The predicted octanol–water partition coefficient (Wildman–Crippen LogP) is 1.90. The highest BCUT2D eigenvalue weighted by atomic mass is 32.2. The molecule has 1 N–H and O–H groups in total. The lowest BCUT2D eigenvalue weighted by Crippen LogP contribution is -2.40. The van der Waals surface area contributed by atoms with E-state index in [9.17, 15) is 9.00 Å². The van der Waals surface area contributed by atoms with Gasteiger partial charge in [0.25, 0.3) is 0 Å². The fraction of sp³-hybridized carbons (Fsp3) is 0.917. The first-order chi connectivity index (χ1) is 8.29. The van der Waals surface area contributed by atoms with Gasteiger partial charge in [-0.25, -0.2) is 0 Å². The summed E-state index contributed by atoms with van der Waals surface area (Å²) in [4.78, 5) is 11.0. The van der Waals surface area contributed by atoms with E-state index in [2.05, 4.69) is 6.92 Å². The molecule has 2 bridgehead atoms. The summed E-state index contributed by atoms with van der Waals surface area (Å²) in [6, 6.07) is 0. The Morgan fingerprint density at radius 3 is 2.72 bits per heavy atom. The van der Waals surface area contributed by atoms with Crippen LogP contribution in [0.4, 0.5) is 0 Å². The van der Waals surface area contributed by atoms with Gasteiger partial charge < -0.3 is 4.74 Å². The van der Waals surface area contributed by atoms with E-state index in [4.69, 9.17) is 13.5 Å². The van der Waals surface area contributed by atoms with Crippen molar-refractivity contribution in [2.75, 3.05) is 6.61 Å². The van der Waals surface area contributed by atoms with Crippen LogP contribution in [0.3, 0.4) is 0 Å². The molecule has 2 saturated carbocycles. The van der Waals surface area contributed by atoms with Crippen molar-refractivity contribution in [3.63, 3.8) is 0 Å². The third-order valence-corrected chi connectivity index (χ3v) is 5.18. The second-order valence-electron chi connectivity index (χ2n) is 6.00. The zero-order valence-corrected chi connectivity index (χ0v) is 11.8. The van der Waals surface area contributed by atoms with Crippen LogP contribution in [0.5, 0.6) is 0 Å². The van der Waals surface area contributed by atoms with E-state index < -0.39 is 11.4 Å². The summed E-state index contributed by atoms with van der Waals surface area (Å²) in [5.41, 5.74) is -0.178. The molecule has 6 heteroatoms. The molecule has 0 saturated heterocycles. The Kier molecular flexibility index (Phi) is 3.55. The van der Waals surface area contributed by atoms with Gasteiger partial charge in [0.1, 0.15) is 0 Å². The Morgan fingerprint density at radius 2 is 2.17 bits per heavy atom. The molecule has 104 valence electrons. The molecule has 2 aliphatic rings. The fourth-order valence-corrected chi connectivity index (χ4v) is 4.44. The molecule has 5 atom stereocenters. The Morgan fingerprint density at radius 1 is 1.50 bits per heavy atom. The molecule has 0 radical (unpaired) electrons. The zero-order valence-electron chi connectivity index (χ0n) is 11.0. The van der Waals surface area contributed by atoms with Crippen LogP contribution in [0.25, 0.3) is 0 Å². The molecule has 2 aliphatic carbocycles. The minimum atomic E-state index is -2.24. The maximum Gasteiger partial charge on any atom is 0.302 e. The molecule has 0 heterocycles. The van der Waals surface area contributed by atoms with Crippen molar-refractivity contribution >= 4 is 17.3 Å². The average Bonchev–Trinajstić information content (AvgIpc) is 2.70. The summed E-state index contributed by atoms with van der Waals surface area (Å²) in [6.07, 6.45) is 2.57. The van der Waals surface area contributed by atoms with Gasteiger partial charge in [-0.1, -0.05) is 13.8 Å². The van der Waals surface area contributed by atoms with E-state index in [1.165, 1.54) is 6.92 Å². The lowest BCUT2D eigenvalue weighted by Gasteiger charge is -2.38. The monoisotopic (exact) mass is 276 g/mol. The summed E-state index contributed by atoms with van der Waals surface area (Å²) in [5.74, 6) is -0.160. The molecular weight excluding hydrogens is 256 g/mol. The third-order valence-electron chi connectivity index (χ3n) is 4.81. The normalized spacial score (nSPS) is 44.0. The quantitative estimate of drug-likeness (QED) is 0.627. The van der Waals surface area contributed by atoms with Crippen LogP contribution in [0.1, 0.15) is 40.0 Å². The first kappa shape index (κ1) is 14.0. The van der Waals surface area contributed by atoms with Gasteiger partial charge in [0, 0.05) is 12.3 Å². The highest BCUT2D eigenvalue weighted by Crippen LogP contribution is 2.65. The van der Waals surface area contributed by atoms with Crippen molar-refractivity contribution < 1.29 is 22.5 Å². The van der Waals surface area contributed by atoms with E-state index in [-0.39, 0.29) is 28.8 Å². The van der Waals surface area contributed by atoms with Crippen LogP contribution < -0.4 is 0 Å². The molecule has 2 fully saturated rings. The molecule has 0 aromatic carbocycles. The van der Waals surface area contributed by atoms with Gasteiger partial charge in [0.2, 0.25) is 0 Å². The van der Waals surface area contributed by atoms with Crippen molar-refractivity contribution in [1.82, 2.24) is 0 Å². The Balaban J connectivity index is 2.15. The molecular formula is C12H20O5S. The molecule has 0 spiro atoms. The van der Waals surface area contributed by atoms with Crippen molar-refractivity contribution in [3.8, 4) is 0 Å². The summed E-state index contributed by atoms with van der Waals surface area (Å²) < 4.78 is 30.2. The molecule has 5 nitrogen and oxygen atoms in total. The van der Waals surface area contributed by atoms with Crippen LogP contribution >= 0.6 is 0 Å². The number of fused-ring (bicyclic) bond motifs is 2. The van der Waals surface area contributed by atoms with Crippen LogP contribution in [0, 0.1) is 16.7 Å². The van der Waals surface area contributed by atoms with E-state index in [1.54, 1.807) is 0 Å². The van der Waals surface area contributed by atoms with E-state index in [0.29, 0.717) is 6.61 Å². The second kappa shape index (κ2) is 4.58. The van der Waals surface area contributed by atoms with Gasteiger partial charge in [0.05, 0.1) is 12.7 Å². The highest BCUT2D eigenvalue weighted by molar-refractivity contribution is 7.74. The molecule has 0 amide bonds. The largest absolute Gasteiger partial charge is 0.465 e. The molecule has 0 aromatic heterocycles. The topological polar surface area (TPSA) is 72.8 Å². The fourth-order valence-electron chi connectivity index (χ4n) is 3.86. The summed E-state index contributed by atoms with van der Waals surface area (Å²) in [7, 11) is 0. The molecule has 5 unspecified atom stereocenters. The average molecular weight is 276 g/mol. The van der Waals surface area contributed by atoms with Crippen molar-refractivity contribution in [2.45, 2.75) is 46.1 Å². The minimum Gasteiger partial charge on any atom is -0.465 e. The molecule has 2 rings (SSSR count). The van der Waals surface area contributed by atoms with Gasteiger partial charge in [0.15, 0.2) is 0 Å². The van der Waals surface area contributed by atoms with Gasteiger partial charge in [-0.05, 0) is 30.6 Å². The van der Waals surface area contributed by atoms with Crippen molar-refractivity contribution in [2.24, 2.45) is 16.7 Å². The maximum absolute atomic E-state index is 11.0. The Labute approximate surface area is 110 Å². The van der Waals surface area contributed by atoms with Gasteiger partial charge in [-0.15, -0.1) is 0 Å². The zero-order chi connectivity index (χ0) is 13.6. The number of ether oxygens (including phenoxy) is 1. The Hall–Kier alpha value is -0.460. The van der Waals surface area contributed by atoms with Gasteiger partial charge in [-0.3, -0.25) is 13.5 Å². The van der Waals surface area contributed by atoms with Crippen LogP contribution in [-0.4, -0.2) is 27.4 Å². The van der Waals surface area contributed by atoms with Gasteiger partial charge in [-0.2, -0.15) is 4.21 Å². The third kappa shape index (κ3) is 2.21. The lowest BCUT2D eigenvalue weighted by molar-refractivity contribution is -0.146. The standard InChI is InChI=1S/C12H20O5S/c1-8-10(17-18(14)15)11(3)4-5-12(8,6-11)7-16-9(2)13/h8,10H,4-7H2,1-3H3,(H,14,15). The van der Waals surface area contributed by atoms with Gasteiger partial charge >= 0.3 is 17.3 Å². The van der Waals surface area contributed by atoms with E-state index >= 15 is 0 Å². The summed E-state index contributed by atoms with van der Waals surface area (Å²) in [6.45, 7) is 5.90. The van der Waals surface area contributed by atoms with E-state index in [1.807, 2.05) is 6.92 Å². The number of rotatable bonds is 4. The van der Waals surface area contributed by atoms with Crippen molar-refractivity contribution in [1.29, 1.82) is 0 Å². The highest BCUT2D eigenvalue weighted by Gasteiger charge is 2.63. The van der Waals surface area contributed by atoms with Crippen LogP contribution in [0.2, 0.25) is 0 Å². The molecule has 0 aliphatic heterocycles. The smallest absolute Gasteiger partial charge is 0.302 e. The second-order valence-corrected chi connectivity index (χ2v) is 6.62. The first-order valence-electron chi connectivity index (χ1n) is 6.20.